The minimum absolute atomic E-state index is 0.0962. The first kappa shape index (κ1) is 31.1. The lowest BCUT2D eigenvalue weighted by molar-refractivity contribution is -0.142. The molecule has 10 nitrogen and oxygen atoms in total. The number of rotatable bonds is 11. The van der Waals surface area contributed by atoms with Gasteiger partial charge in [0.2, 0.25) is 11.8 Å². The standard InChI is InChI=1S/C28H50F2N8O2/c1-4-20(29)14-34-18(2)24(26(31)32-3)27(39)35-23-16-33-15-22(30)25(23)37-10-12-38(13-11-37)28(40)21-7-9-36-8-5-6-19(21)17-36/h18-22,24,26,32-34H,4-17,31H2,1-3H3,(H,35,39). The number of fused-ring (bicyclic) bond motifs is 2. The molecule has 3 fully saturated rings. The molecule has 0 aromatic carbocycles. The lowest BCUT2D eigenvalue weighted by Gasteiger charge is -2.45. The van der Waals surface area contributed by atoms with Gasteiger partial charge in [0.05, 0.1) is 23.5 Å². The quantitative estimate of drug-likeness (QED) is 0.221. The van der Waals surface area contributed by atoms with Crippen LogP contribution in [0.15, 0.2) is 11.4 Å². The van der Waals surface area contributed by atoms with Gasteiger partial charge in [0.1, 0.15) is 6.17 Å². The third kappa shape index (κ3) is 7.31. The number of carbonyl (C=O) groups is 2. The highest BCUT2D eigenvalue weighted by atomic mass is 19.1. The fraction of sp³-hybridized carbons (Fsp3) is 0.857. The van der Waals surface area contributed by atoms with Gasteiger partial charge < -0.3 is 41.7 Å². The van der Waals surface area contributed by atoms with Crippen LogP contribution in [0.25, 0.3) is 0 Å². The van der Waals surface area contributed by atoms with Crippen molar-refractivity contribution in [3.8, 4) is 0 Å². The number of halogens is 2. The van der Waals surface area contributed by atoms with E-state index in [1.165, 1.54) is 6.42 Å². The molecule has 3 saturated heterocycles. The van der Waals surface area contributed by atoms with Crippen LogP contribution < -0.4 is 27.0 Å². The van der Waals surface area contributed by atoms with Crippen molar-refractivity contribution in [3.05, 3.63) is 11.4 Å². The highest BCUT2D eigenvalue weighted by Crippen LogP contribution is 2.33. The van der Waals surface area contributed by atoms with Crippen molar-refractivity contribution in [1.29, 1.82) is 0 Å². The van der Waals surface area contributed by atoms with Crippen molar-refractivity contribution in [2.24, 2.45) is 23.5 Å². The minimum Gasteiger partial charge on any atom is -0.367 e. The average Bonchev–Trinajstić information content (AvgIpc) is 2.96. The molecule has 12 heteroatoms. The molecular formula is C28H50F2N8O2. The number of piperidine rings is 2. The molecule has 228 valence electrons. The van der Waals surface area contributed by atoms with Gasteiger partial charge in [-0.1, -0.05) is 6.92 Å². The topological polar surface area (TPSA) is 118 Å². The molecule has 4 rings (SSSR count). The monoisotopic (exact) mass is 568 g/mol. The zero-order chi connectivity index (χ0) is 28.8. The third-order valence-electron chi connectivity index (χ3n) is 9.29. The first-order valence-electron chi connectivity index (χ1n) is 15.2. The number of nitrogens with two attached hydrogens (primary N) is 1. The van der Waals surface area contributed by atoms with Gasteiger partial charge in [-0.25, -0.2) is 8.78 Å². The maximum Gasteiger partial charge on any atom is 0.231 e. The van der Waals surface area contributed by atoms with Crippen LogP contribution in [0, 0.1) is 17.8 Å². The summed E-state index contributed by atoms with van der Waals surface area (Å²) in [6, 6.07) is -0.403. The van der Waals surface area contributed by atoms with Crippen molar-refractivity contribution in [3.63, 3.8) is 0 Å². The molecule has 4 aliphatic heterocycles. The van der Waals surface area contributed by atoms with Gasteiger partial charge in [0.15, 0.2) is 6.17 Å². The highest BCUT2D eigenvalue weighted by Gasteiger charge is 2.40. The maximum absolute atomic E-state index is 15.4. The molecule has 0 aromatic rings. The van der Waals surface area contributed by atoms with Gasteiger partial charge >= 0.3 is 0 Å². The minimum atomic E-state index is -1.28. The van der Waals surface area contributed by atoms with Crippen LogP contribution in [0.1, 0.15) is 39.5 Å². The molecule has 40 heavy (non-hydrogen) atoms. The van der Waals surface area contributed by atoms with E-state index in [0.29, 0.717) is 56.5 Å². The molecule has 0 radical (unpaired) electrons. The Morgan fingerprint density at radius 2 is 1.90 bits per heavy atom. The molecule has 2 bridgehead atoms. The van der Waals surface area contributed by atoms with Gasteiger partial charge in [-0.3, -0.25) is 9.59 Å². The van der Waals surface area contributed by atoms with Crippen molar-refractivity contribution in [2.75, 3.05) is 72.5 Å². The van der Waals surface area contributed by atoms with Crippen LogP contribution >= 0.6 is 0 Å². The first-order valence-corrected chi connectivity index (χ1v) is 15.2. The maximum atomic E-state index is 15.4. The number of hydrogen-bond donors (Lipinski definition) is 5. The summed E-state index contributed by atoms with van der Waals surface area (Å²) in [5.74, 6) is -0.254. The van der Waals surface area contributed by atoms with Crippen LogP contribution in [0.5, 0.6) is 0 Å². The molecule has 0 spiro atoms. The van der Waals surface area contributed by atoms with E-state index in [2.05, 4.69) is 26.2 Å². The predicted molar refractivity (Wildman–Crippen MR) is 152 cm³/mol. The Bertz CT molecular complexity index is 900. The number of hydrogen-bond acceptors (Lipinski definition) is 8. The van der Waals surface area contributed by atoms with Gasteiger partial charge in [-0.15, -0.1) is 0 Å². The van der Waals surface area contributed by atoms with Gasteiger partial charge in [-0.05, 0) is 58.7 Å². The molecule has 2 amide bonds. The van der Waals surface area contributed by atoms with E-state index < -0.39 is 30.5 Å². The van der Waals surface area contributed by atoms with Crippen molar-refractivity contribution in [1.82, 2.24) is 36.0 Å². The number of nitrogens with one attached hydrogen (secondary N) is 4. The molecule has 0 saturated carbocycles. The molecule has 4 aliphatic rings. The van der Waals surface area contributed by atoms with E-state index in [0.717, 1.165) is 32.5 Å². The fourth-order valence-corrected chi connectivity index (χ4v) is 6.80. The van der Waals surface area contributed by atoms with Crippen molar-refractivity contribution >= 4 is 11.8 Å². The molecule has 6 N–H and O–H groups in total. The zero-order valence-electron chi connectivity index (χ0n) is 24.4. The summed E-state index contributed by atoms with van der Waals surface area (Å²) in [6.07, 6.45) is 0.641. The summed E-state index contributed by atoms with van der Waals surface area (Å²) in [7, 11) is 1.67. The summed E-state index contributed by atoms with van der Waals surface area (Å²) >= 11 is 0. The Hall–Kier alpha value is -1.86. The summed E-state index contributed by atoms with van der Waals surface area (Å²) in [6.45, 7) is 9.52. The second-order valence-corrected chi connectivity index (χ2v) is 11.9. The molecule has 8 unspecified atom stereocenters. The highest BCUT2D eigenvalue weighted by molar-refractivity contribution is 5.82. The molecular weight excluding hydrogens is 518 g/mol. The van der Waals surface area contributed by atoms with Crippen LogP contribution in [-0.4, -0.2) is 124 Å². The van der Waals surface area contributed by atoms with E-state index in [4.69, 9.17) is 5.73 Å². The molecule has 4 heterocycles. The number of carbonyl (C=O) groups excluding carboxylic acids is 2. The number of piperazine rings is 1. The van der Waals surface area contributed by atoms with E-state index in [1.807, 2.05) is 16.7 Å². The lowest BCUT2D eigenvalue weighted by Crippen LogP contribution is -2.58. The van der Waals surface area contributed by atoms with Gasteiger partial charge in [0, 0.05) is 64.3 Å². The Labute approximate surface area is 237 Å². The van der Waals surface area contributed by atoms with E-state index >= 15 is 4.39 Å². The van der Waals surface area contributed by atoms with Gasteiger partial charge in [0.25, 0.3) is 0 Å². The Morgan fingerprint density at radius 1 is 1.15 bits per heavy atom. The number of alkyl halides is 2. The normalized spacial score (nSPS) is 30.4. The molecule has 0 aromatic heterocycles. The lowest BCUT2D eigenvalue weighted by atomic mass is 9.79. The van der Waals surface area contributed by atoms with Crippen LogP contribution in [0.4, 0.5) is 8.78 Å². The zero-order valence-corrected chi connectivity index (χ0v) is 24.4. The Morgan fingerprint density at radius 3 is 2.60 bits per heavy atom. The van der Waals surface area contributed by atoms with Crippen LogP contribution in [0.2, 0.25) is 0 Å². The van der Waals surface area contributed by atoms with E-state index in [-0.39, 0.29) is 30.8 Å². The van der Waals surface area contributed by atoms with E-state index in [1.54, 1.807) is 14.0 Å². The number of nitrogens with zero attached hydrogens (tertiary/aromatic N) is 3. The summed E-state index contributed by atoms with van der Waals surface area (Å²) in [5.41, 5.74) is 7.22. The largest absolute Gasteiger partial charge is 0.367 e. The smallest absolute Gasteiger partial charge is 0.231 e. The number of amides is 2. The van der Waals surface area contributed by atoms with Crippen molar-refractivity contribution < 1.29 is 18.4 Å². The second-order valence-electron chi connectivity index (χ2n) is 11.9. The van der Waals surface area contributed by atoms with E-state index in [9.17, 15) is 14.0 Å². The average molecular weight is 569 g/mol. The summed E-state index contributed by atoms with van der Waals surface area (Å²) in [4.78, 5) is 33.3. The molecule has 0 aliphatic carbocycles. The SMILES string of the molecule is CCC(F)CNC(C)C(C(=O)NC1=C(N2CCN(C(=O)C3CCN4CCCC3C4)CC2)C(F)CNC1)C(N)NC. The molecule has 8 atom stereocenters. The second kappa shape index (κ2) is 14.4. The Balaban J connectivity index is 1.41. The summed E-state index contributed by atoms with van der Waals surface area (Å²) in [5, 5.41) is 12.0. The van der Waals surface area contributed by atoms with Crippen molar-refractivity contribution in [2.45, 2.75) is 64.1 Å². The third-order valence-corrected chi connectivity index (χ3v) is 9.29. The van der Waals surface area contributed by atoms with Crippen LogP contribution in [0.3, 0.4) is 0 Å². The fourth-order valence-electron chi connectivity index (χ4n) is 6.80. The predicted octanol–water partition coefficient (Wildman–Crippen LogP) is -0.0218. The summed E-state index contributed by atoms with van der Waals surface area (Å²) < 4.78 is 29.2. The first-order chi connectivity index (χ1) is 19.2. The van der Waals surface area contributed by atoms with Gasteiger partial charge in [-0.2, -0.15) is 0 Å². The Kier molecular flexibility index (Phi) is 11.2. The van der Waals surface area contributed by atoms with Crippen LogP contribution in [-0.2, 0) is 9.59 Å².